The van der Waals surface area contributed by atoms with Gasteiger partial charge in [-0.15, -0.1) is 0 Å². The molecule has 2 N–H and O–H groups in total. The second-order valence-corrected chi connectivity index (χ2v) is 6.68. The molecule has 4 nitrogen and oxygen atoms in total. The minimum Gasteiger partial charge on any atom is -0.350 e. The highest BCUT2D eigenvalue weighted by Gasteiger charge is 2.43. The number of hydrogen-bond donors (Lipinski definition) is 3. The number of amides is 2. The minimum atomic E-state index is -0.493. The fraction of sp³-hybridized carbons (Fsp3) is 0.846. The van der Waals surface area contributed by atoms with E-state index in [1.807, 2.05) is 20.8 Å². The molecule has 1 fully saturated rings. The van der Waals surface area contributed by atoms with Crippen molar-refractivity contribution in [2.24, 2.45) is 5.41 Å². The van der Waals surface area contributed by atoms with E-state index in [1.54, 1.807) is 6.92 Å². The predicted octanol–water partition coefficient (Wildman–Crippen LogP) is 1.51. The molecule has 5 heteroatoms. The van der Waals surface area contributed by atoms with E-state index in [-0.39, 0.29) is 22.8 Å². The Balaban J connectivity index is 2.37. The average Bonchev–Trinajstić information content (AvgIpc) is 2.95. The van der Waals surface area contributed by atoms with Crippen LogP contribution in [0, 0.1) is 5.41 Å². The molecule has 0 aromatic carbocycles. The molecule has 0 spiro atoms. The number of carbonyl (C=O) groups is 2. The maximum atomic E-state index is 11.8. The fourth-order valence-corrected chi connectivity index (χ4v) is 2.17. The lowest BCUT2D eigenvalue weighted by Gasteiger charge is -2.24. The van der Waals surface area contributed by atoms with Gasteiger partial charge in [-0.2, -0.15) is 12.6 Å². The zero-order valence-corrected chi connectivity index (χ0v) is 12.6. The van der Waals surface area contributed by atoms with Crippen LogP contribution in [0.4, 0.5) is 0 Å². The quantitative estimate of drug-likeness (QED) is 0.664. The van der Waals surface area contributed by atoms with E-state index in [1.165, 1.54) is 0 Å². The van der Waals surface area contributed by atoms with Gasteiger partial charge in [0.1, 0.15) is 6.04 Å². The zero-order chi connectivity index (χ0) is 14.0. The summed E-state index contributed by atoms with van der Waals surface area (Å²) in [6.07, 6.45) is 2.60. The third kappa shape index (κ3) is 4.88. The molecule has 2 amide bonds. The first-order valence-corrected chi connectivity index (χ1v) is 7.03. The van der Waals surface area contributed by atoms with Crippen LogP contribution < -0.4 is 10.6 Å². The monoisotopic (exact) mass is 272 g/mol. The molecule has 0 heterocycles. The second-order valence-electron chi connectivity index (χ2n) is 6.36. The van der Waals surface area contributed by atoms with Gasteiger partial charge in [0.05, 0.1) is 0 Å². The molecular formula is C13H24N2O2S. The summed E-state index contributed by atoms with van der Waals surface area (Å²) in [5, 5.41) is 5.60. The van der Waals surface area contributed by atoms with E-state index >= 15 is 0 Å². The number of thiol groups is 1. The van der Waals surface area contributed by atoms with Gasteiger partial charge in [-0.25, -0.2) is 0 Å². The maximum absolute atomic E-state index is 11.8. The van der Waals surface area contributed by atoms with Crippen molar-refractivity contribution < 1.29 is 9.59 Å². The topological polar surface area (TPSA) is 58.2 Å². The van der Waals surface area contributed by atoms with E-state index in [0.29, 0.717) is 6.42 Å². The first kappa shape index (κ1) is 15.3. The van der Waals surface area contributed by atoms with Crippen LogP contribution in [0.3, 0.4) is 0 Å². The van der Waals surface area contributed by atoms with Crippen molar-refractivity contribution in [3.63, 3.8) is 0 Å². The number of hydrogen-bond acceptors (Lipinski definition) is 3. The highest BCUT2D eigenvalue weighted by Crippen LogP contribution is 2.49. The minimum absolute atomic E-state index is 0.0573. The molecule has 0 radical (unpaired) electrons. The molecule has 1 atom stereocenters. The third-order valence-corrected chi connectivity index (χ3v) is 3.77. The summed E-state index contributed by atoms with van der Waals surface area (Å²) in [6, 6.07) is -0.493. The lowest BCUT2D eigenvalue weighted by atomic mass is 10.0. The van der Waals surface area contributed by atoms with Crippen molar-refractivity contribution in [1.29, 1.82) is 0 Å². The predicted molar refractivity (Wildman–Crippen MR) is 75.6 cm³/mol. The molecule has 0 bridgehead atoms. The number of rotatable bonds is 5. The number of carbonyl (C=O) groups excluding carboxylic acids is 2. The van der Waals surface area contributed by atoms with Crippen LogP contribution in [0.5, 0.6) is 0 Å². The van der Waals surface area contributed by atoms with E-state index in [4.69, 9.17) is 0 Å². The van der Waals surface area contributed by atoms with Gasteiger partial charge in [0.2, 0.25) is 11.8 Å². The van der Waals surface area contributed by atoms with E-state index in [9.17, 15) is 9.59 Å². The molecule has 1 unspecified atom stereocenters. The molecule has 0 aromatic rings. The third-order valence-electron chi connectivity index (χ3n) is 3.10. The molecule has 104 valence electrons. The van der Waals surface area contributed by atoms with Gasteiger partial charge in [0.25, 0.3) is 0 Å². The standard InChI is InChI=1S/C13H24N2O2S/c1-9(11(17)15-12(2,3)4)14-10(16)7-13(8-18)5-6-13/h9,18H,5-8H2,1-4H3,(H,14,16)(H,15,17). The molecular weight excluding hydrogens is 248 g/mol. The van der Waals surface area contributed by atoms with E-state index in [2.05, 4.69) is 23.3 Å². The van der Waals surface area contributed by atoms with Crippen LogP contribution in [0.15, 0.2) is 0 Å². The van der Waals surface area contributed by atoms with E-state index in [0.717, 1.165) is 18.6 Å². The van der Waals surface area contributed by atoms with Gasteiger partial charge >= 0.3 is 0 Å². The molecule has 1 aliphatic carbocycles. The Kier molecular flexibility index (Phi) is 4.70. The Labute approximate surface area is 115 Å². The first-order chi connectivity index (χ1) is 8.17. The van der Waals surface area contributed by atoms with Crippen LogP contribution in [-0.2, 0) is 9.59 Å². The summed E-state index contributed by atoms with van der Waals surface area (Å²) in [6.45, 7) is 7.46. The SMILES string of the molecule is CC(NC(=O)CC1(CS)CC1)C(=O)NC(C)(C)C. The fourth-order valence-electron chi connectivity index (χ4n) is 1.74. The Bertz CT molecular complexity index is 332. The van der Waals surface area contributed by atoms with Crippen LogP contribution in [0.1, 0.15) is 47.0 Å². The van der Waals surface area contributed by atoms with Crippen molar-refractivity contribution in [3.05, 3.63) is 0 Å². The molecule has 18 heavy (non-hydrogen) atoms. The van der Waals surface area contributed by atoms with Gasteiger partial charge in [-0.3, -0.25) is 9.59 Å². The lowest BCUT2D eigenvalue weighted by molar-refractivity contribution is -0.130. The van der Waals surface area contributed by atoms with Crippen LogP contribution in [0.25, 0.3) is 0 Å². The van der Waals surface area contributed by atoms with Crippen molar-refractivity contribution in [3.8, 4) is 0 Å². The summed E-state index contributed by atoms with van der Waals surface area (Å²) < 4.78 is 0. The van der Waals surface area contributed by atoms with Crippen molar-refractivity contribution >= 4 is 24.4 Å². The smallest absolute Gasteiger partial charge is 0.242 e. The second kappa shape index (κ2) is 5.51. The highest BCUT2D eigenvalue weighted by molar-refractivity contribution is 7.80. The molecule has 1 saturated carbocycles. The van der Waals surface area contributed by atoms with E-state index < -0.39 is 6.04 Å². The number of nitrogens with one attached hydrogen (secondary N) is 2. The Hall–Kier alpha value is -0.710. The average molecular weight is 272 g/mol. The summed E-state index contributed by atoms with van der Waals surface area (Å²) in [7, 11) is 0. The van der Waals surface area contributed by atoms with Gasteiger partial charge < -0.3 is 10.6 Å². The lowest BCUT2D eigenvalue weighted by Crippen LogP contribution is -2.51. The van der Waals surface area contributed by atoms with Gasteiger partial charge in [0, 0.05) is 12.0 Å². The normalized spacial score (nSPS) is 18.9. The van der Waals surface area contributed by atoms with Crippen LogP contribution in [-0.4, -0.2) is 29.1 Å². The van der Waals surface area contributed by atoms with Crippen molar-refractivity contribution in [2.45, 2.75) is 58.5 Å². The Morgan fingerprint density at radius 3 is 2.28 bits per heavy atom. The van der Waals surface area contributed by atoms with Crippen molar-refractivity contribution in [1.82, 2.24) is 10.6 Å². The van der Waals surface area contributed by atoms with Gasteiger partial charge in [0.15, 0.2) is 0 Å². The summed E-state index contributed by atoms with van der Waals surface area (Å²) in [4.78, 5) is 23.6. The first-order valence-electron chi connectivity index (χ1n) is 6.40. The maximum Gasteiger partial charge on any atom is 0.242 e. The summed E-state index contributed by atoms with van der Waals surface area (Å²) >= 11 is 4.27. The van der Waals surface area contributed by atoms with Crippen LogP contribution in [0.2, 0.25) is 0 Å². The van der Waals surface area contributed by atoms with Gasteiger partial charge in [-0.1, -0.05) is 0 Å². The van der Waals surface area contributed by atoms with Crippen LogP contribution >= 0.6 is 12.6 Å². The molecule has 0 saturated heterocycles. The molecule has 0 aliphatic heterocycles. The molecule has 0 aromatic heterocycles. The Morgan fingerprint density at radius 2 is 1.89 bits per heavy atom. The molecule has 1 rings (SSSR count). The zero-order valence-electron chi connectivity index (χ0n) is 11.7. The van der Waals surface area contributed by atoms with Gasteiger partial charge in [-0.05, 0) is 51.7 Å². The highest BCUT2D eigenvalue weighted by atomic mass is 32.1. The summed E-state index contributed by atoms with van der Waals surface area (Å²) in [5.41, 5.74) is -0.188. The summed E-state index contributed by atoms with van der Waals surface area (Å²) in [5.74, 6) is 0.535. The van der Waals surface area contributed by atoms with Crippen molar-refractivity contribution in [2.75, 3.05) is 5.75 Å². The largest absolute Gasteiger partial charge is 0.350 e. The Morgan fingerprint density at radius 1 is 1.33 bits per heavy atom. The molecule has 1 aliphatic rings.